The minimum Gasteiger partial charge on any atom is -0.369 e. The van der Waals surface area contributed by atoms with Gasteiger partial charge in [0.05, 0.1) is 6.04 Å². The van der Waals surface area contributed by atoms with Crippen LogP contribution >= 0.6 is 0 Å². The standard InChI is InChI=1S/C14H14F3N3O3/c15-14(16,17)13(23)19-7-9-5-8-3-1-2-4-10(8)20(9)12(22)6-11(18)21/h1-4,9H,5-7H2,(H2,18,21)(H,19,23)/t9-/m0/s1. The molecule has 0 bridgehead atoms. The second-order valence-corrected chi connectivity index (χ2v) is 5.10. The summed E-state index contributed by atoms with van der Waals surface area (Å²) < 4.78 is 36.8. The number of alkyl halides is 3. The Labute approximate surface area is 129 Å². The van der Waals surface area contributed by atoms with Gasteiger partial charge in [-0.2, -0.15) is 13.2 Å². The molecule has 2 rings (SSSR count). The highest BCUT2D eigenvalue weighted by atomic mass is 19.4. The fraction of sp³-hybridized carbons (Fsp3) is 0.357. The van der Waals surface area contributed by atoms with Crippen molar-refractivity contribution in [2.45, 2.75) is 25.1 Å². The van der Waals surface area contributed by atoms with Gasteiger partial charge in [-0.05, 0) is 18.1 Å². The molecule has 1 aromatic carbocycles. The number of nitrogens with one attached hydrogen (secondary N) is 1. The van der Waals surface area contributed by atoms with Gasteiger partial charge >= 0.3 is 12.1 Å². The maximum Gasteiger partial charge on any atom is 0.471 e. The zero-order chi connectivity index (χ0) is 17.2. The van der Waals surface area contributed by atoms with E-state index in [1.165, 1.54) is 4.90 Å². The number of benzene rings is 1. The molecule has 23 heavy (non-hydrogen) atoms. The van der Waals surface area contributed by atoms with E-state index in [1.54, 1.807) is 29.6 Å². The largest absolute Gasteiger partial charge is 0.471 e. The Morgan fingerprint density at radius 1 is 1.26 bits per heavy atom. The van der Waals surface area contributed by atoms with Gasteiger partial charge in [0.25, 0.3) is 0 Å². The van der Waals surface area contributed by atoms with Crippen LogP contribution in [0, 0.1) is 0 Å². The lowest BCUT2D eigenvalue weighted by atomic mass is 10.1. The van der Waals surface area contributed by atoms with Gasteiger partial charge in [0, 0.05) is 12.2 Å². The summed E-state index contributed by atoms with van der Waals surface area (Å²) in [5.74, 6) is -3.53. The van der Waals surface area contributed by atoms with Crippen LogP contribution in [0.2, 0.25) is 0 Å². The Kier molecular flexibility index (Phi) is 4.57. The van der Waals surface area contributed by atoms with E-state index in [-0.39, 0.29) is 13.0 Å². The minimum absolute atomic E-state index is 0.277. The molecule has 1 aliphatic heterocycles. The predicted octanol–water partition coefficient (Wildman–Crippen LogP) is 0.498. The average Bonchev–Trinajstić information content (AvgIpc) is 2.81. The molecule has 1 aromatic rings. The van der Waals surface area contributed by atoms with Gasteiger partial charge in [-0.25, -0.2) is 0 Å². The highest BCUT2D eigenvalue weighted by molar-refractivity contribution is 6.06. The number of fused-ring (bicyclic) bond motifs is 1. The Morgan fingerprint density at radius 2 is 1.91 bits per heavy atom. The summed E-state index contributed by atoms with van der Waals surface area (Å²) in [7, 11) is 0. The van der Waals surface area contributed by atoms with Crippen molar-refractivity contribution in [1.29, 1.82) is 0 Å². The molecule has 0 aliphatic carbocycles. The van der Waals surface area contributed by atoms with Gasteiger partial charge in [0.1, 0.15) is 6.42 Å². The number of hydrogen-bond acceptors (Lipinski definition) is 3. The van der Waals surface area contributed by atoms with Crippen LogP contribution < -0.4 is 16.0 Å². The lowest BCUT2D eigenvalue weighted by Gasteiger charge is -2.25. The first-order chi connectivity index (χ1) is 10.7. The molecule has 124 valence electrons. The molecule has 1 aliphatic rings. The predicted molar refractivity (Wildman–Crippen MR) is 74.3 cm³/mol. The first kappa shape index (κ1) is 16.8. The van der Waals surface area contributed by atoms with Crippen LogP contribution in [-0.4, -0.2) is 36.5 Å². The van der Waals surface area contributed by atoms with Crippen LogP contribution in [0.4, 0.5) is 18.9 Å². The van der Waals surface area contributed by atoms with Crippen molar-refractivity contribution in [2.75, 3.05) is 11.4 Å². The molecule has 1 atom stereocenters. The van der Waals surface area contributed by atoms with Crippen molar-refractivity contribution in [3.8, 4) is 0 Å². The number of hydrogen-bond donors (Lipinski definition) is 2. The minimum atomic E-state index is -4.99. The van der Waals surface area contributed by atoms with E-state index < -0.39 is 36.4 Å². The molecular weight excluding hydrogens is 315 g/mol. The summed E-state index contributed by atoms with van der Waals surface area (Å²) in [6.45, 7) is -0.377. The molecule has 0 aromatic heterocycles. The van der Waals surface area contributed by atoms with Crippen molar-refractivity contribution < 1.29 is 27.6 Å². The summed E-state index contributed by atoms with van der Waals surface area (Å²) in [5.41, 5.74) is 6.25. The molecular formula is C14H14F3N3O3. The lowest BCUT2D eigenvalue weighted by Crippen LogP contribution is -2.48. The number of anilines is 1. The Morgan fingerprint density at radius 3 is 2.52 bits per heavy atom. The number of nitrogens with two attached hydrogens (primary N) is 1. The van der Waals surface area contributed by atoms with E-state index >= 15 is 0 Å². The Balaban J connectivity index is 2.17. The summed E-state index contributed by atoms with van der Waals surface area (Å²) in [6, 6.07) is 6.04. The number of halogens is 3. The van der Waals surface area contributed by atoms with E-state index in [1.807, 2.05) is 0 Å². The van der Waals surface area contributed by atoms with Crippen molar-refractivity contribution in [1.82, 2.24) is 5.32 Å². The fourth-order valence-corrected chi connectivity index (χ4v) is 2.51. The van der Waals surface area contributed by atoms with Gasteiger partial charge < -0.3 is 16.0 Å². The molecule has 3 amide bonds. The molecule has 9 heteroatoms. The zero-order valence-electron chi connectivity index (χ0n) is 11.9. The van der Waals surface area contributed by atoms with E-state index in [9.17, 15) is 27.6 Å². The Bertz CT molecular complexity index is 646. The number of carbonyl (C=O) groups is 3. The van der Waals surface area contributed by atoms with E-state index in [0.29, 0.717) is 5.69 Å². The van der Waals surface area contributed by atoms with Gasteiger partial charge in [0.15, 0.2) is 0 Å². The SMILES string of the molecule is NC(=O)CC(=O)N1c2ccccc2C[C@H]1CNC(=O)C(F)(F)F. The number of primary amides is 1. The average molecular weight is 329 g/mol. The third-order valence-corrected chi connectivity index (χ3v) is 3.42. The number of amides is 3. The van der Waals surface area contributed by atoms with Crippen LogP contribution in [0.3, 0.4) is 0 Å². The molecule has 0 fully saturated rings. The van der Waals surface area contributed by atoms with Crippen LogP contribution in [0.25, 0.3) is 0 Å². The molecule has 1 heterocycles. The maximum absolute atomic E-state index is 12.3. The number of para-hydroxylation sites is 1. The van der Waals surface area contributed by atoms with Crippen molar-refractivity contribution >= 4 is 23.4 Å². The monoisotopic (exact) mass is 329 g/mol. The number of rotatable bonds is 4. The molecule has 0 saturated heterocycles. The van der Waals surface area contributed by atoms with Gasteiger partial charge in [-0.15, -0.1) is 0 Å². The molecule has 0 unspecified atom stereocenters. The molecule has 3 N–H and O–H groups in total. The summed E-state index contributed by atoms with van der Waals surface area (Å²) in [5, 5.41) is 1.76. The summed E-state index contributed by atoms with van der Waals surface area (Å²) in [4.78, 5) is 35.3. The van der Waals surface area contributed by atoms with Crippen molar-refractivity contribution in [3.05, 3.63) is 29.8 Å². The van der Waals surface area contributed by atoms with E-state index in [0.717, 1.165) is 5.56 Å². The highest BCUT2D eigenvalue weighted by Crippen LogP contribution is 2.32. The molecule has 0 radical (unpaired) electrons. The van der Waals surface area contributed by atoms with Gasteiger partial charge in [-0.1, -0.05) is 18.2 Å². The fourth-order valence-electron chi connectivity index (χ4n) is 2.51. The Hall–Kier alpha value is -2.58. The molecule has 6 nitrogen and oxygen atoms in total. The van der Waals surface area contributed by atoms with Crippen molar-refractivity contribution in [3.63, 3.8) is 0 Å². The topological polar surface area (TPSA) is 92.5 Å². The van der Waals surface area contributed by atoms with Crippen LogP contribution in [0.15, 0.2) is 24.3 Å². The van der Waals surface area contributed by atoms with Crippen LogP contribution in [0.5, 0.6) is 0 Å². The van der Waals surface area contributed by atoms with E-state index in [2.05, 4.69) is 0 Å². The smallest absolute Gasteiger partial charge is 0.369 e. The summed E-state index contributed by atoms with van der Waals surface area (Å²) in [6.07, 6.45) is -5.27. The van der Waals surface area contributed by atoms with Crippen LogP contribution in [0.1, 0.15) is 12.0 Å². The van der Waals surface area contributed by atoms with Crippen LogP contribution in [-0.2, 0) is 20.8 Å². The number of nitrogens with zero attached hydrogens (tertiary/aromatic N) is 1. The molecule has 0 spiro atoms. The van der Waals surface area contributed by atoms with Gasteiger partial charge in [-0.3, -0.25) is 14.4 Å². The number of carbonyl (C=O) groups excluding carboxylic acids is 3. The zero-order valence-corrected chi connectivity index (χ0v) is 11.9. The second kappa shape index (κ2) is 6.27. The second-order valence-electron chi connectivity index (χ2n) is 5.10. The third kappa shape index (κ3) is 3.79. The lowest BCUT2D eigenvalue weighted by molar-refractivity contribution is -0.173. The van der Waals surface area contributed by atoms with Gasteiger partial charge in [0.2, 0.25) is 11.8 Å². The third-order valence-electron chi connectivity index (χ3n) is 3.42. The summed E-state index contributed by atoms with van der Waals surface area (Å²) >= 11 is 0. The highest BCUT2D eigenvalue weighted by Gasteiger charge is 2.40. The quantitative estimate of drug-likeness (QED) is 0.788. The molecule has 0 saturated carbocycles. The first-order valence-electron chi connectivity index (χ1n) is 6.73. The van der Waals surface area contributed by atoms with E-state index in [4.69, 9.17) is 5.73 Å². The van der Waals surface area contributed by atoms with Crippen molar-refractivity contribution in [2.24, 2.45) is 5.73 Å². The normalized spacial score (nSPS) is 16.8. The first-order valence-corrected chi connectivity index (χ1v) is 6.73. The maximum atomic E-state index is 12.3.